The molecular weight excluding hydrogens is 334 g/mol. The van der Waals surface area contributed by atoms with Crippen LogP contribution in [0.3, 0.4) is 0 Å². The van der Waals surface area contributed by atoms with Gasteiger partial charge in [0, 0.05) is 12.1 Å². The first-order valence-electron chi connectivity index (χ1n) is 8.44. The Kier molecular flexibility index (Phi) is 6.67. The Labute approximate surface area is 152 Å². The first kappa shape index (κ1) is 19.4. The standard InChI is InChI=1S/C20H22F2N4/c1-4-24-20(25-12-17-8-6-15(11-23)9-19(17)22)26-14(3)16-7-5-13(2)18(21)10-16/h5-10,14H,4,12H2,1-3H3,(H2,24,25,26). The fourth-order valence-corrected chi connectivity index (χ4v) is 2.40. The highest BCUT2D eigenvalue weighted by Gasteiger charge is 2.10. The Morgan fingerprint density at radius 3 is 2.58 bits per heavy atom. The van der Waals surface area contributed by atoms with Crippen molar-refractivity contribution in [3.8, 4) is 6.07 Å². The summed E-state index contributed by atoms with van der Waals surface area (Å²) in [5.41, 5.74) is 2.06. The number of hydrogen-bond acceptors (Lipinski definition) is 2. The molecule has 0 aliphatic carbocycles. The van der Waals surface area contributed by atoms with E-state index >= 15 is 0 Å². The van der Waals surface area contributed by atoms with Gasteiger partial charge in [0.1, 0.15) is 11.6 Å². The lowest BCUT2D eigenvalue weighted by molar-refractivity contribution is 0.605. The summed E-state index contributed by atoms with van der Waals surface area (Å²) in [7, 11) is 0. The van der Waals surface area contributed by atoms with E-state index in [1.807, 2.05) is 26.0 Å². The van der Waals surface area contributed by atoms with Gasteiger partial charge in [-0.05, 0) is 50.1 Å². The van der Waals surface area contributed by atoms with E-state index < -0.39 is 5.82 Å². The normalized spacial score (nSPS) is 12.4. The summed E-state index contributed by atoms with van der Waals surface area (Å²) in [6.07, 6.45) is 0. The molecular formula is C20H22F2N4. The molecule has 0 spiro atoms. The molecule has 0 saturated carbocycles. The van der Waals surface area contributed by atoms with Crippen molar-refractivity contribution in [2.45, 2.75) is 33.4 Å². The molecule has 0 radical (unpaired) electrons. The zero-order valence-corrected chi connectivity index (χ0v) is 15.1. The second kappa shape index (κ2) is 8.95. The van der Waals surface area contributed by atoms with Crippen molar-refractivity contribution >= 4 is 5.96 Å². The number of nitrogens with zero attached hydrogens (tertiary/aromatic N) is 2. The van der Waals surface area contributed by atoms with Gasteiger partial charge in [0.05, 0.1) is 24.2 Å². The minimum atomic E-state index is -0.461. The lowest BCUT2D eigenvalue weighted by atomic mass is 10.1. The number of benzene rings is 2. The molecule has 0 bridgehead atoms. The van der Waals surface area contributed by atoms with Crippen LogP contribution in [0, 0.1) is 29.9 Å². The van der Waals surface area contributed by atoms with E-state index in [2.05, 4.69) is 15.6 Å². The smallest absolute Gasteiger partial charge is 0.192 e. The Balaban J connectivity index is 2.13. The molecule has 0 amide bonds. The van der Waals surface area contributed by atoms with E-state index in [0.717, 1.165) is 5.56 Å². The third-order valence-electron chi connectivity index (χ3n) is 3.98. The minimum absolute atomic E-state index is 0.127. The van der Waals surface area contributed by atoms with Gasteiger partial charge in [0.15, 0.2) is 5.96 Å². The molecule has 2 N–H and O–H groups in total. The number of guanidine groups is 1. The molecule has 6 heteroatoms. The van der Waals surface area contributed by atoms with Crippen LogP contribution < -0.4 is 10.6 Å². The molecule has 2 aromatic carbocycles. The lowest BCUT2D eigenvalue weighted by Gasteiger charge is -2.18. The second-order valence-corrected chi connectivity index (χ2v) is 5.99. The summed E-state index contributed by atoms with van der Waals surface area (Å²) in [6, 6.07) is 11.1. The topological polar surface area (TPSA) is 60.2 Å². The zero-order chi connectivity index (χ0) is 19.1. The van der Waals surface area contributed by atoms with Crippen molar-refractivity contribution in [2.75, 3.05) is 6.54 Å². The molecule has 1 unspecified atom stereocenters. The van der Waals surface area contributed by atoms with Gasteiger partial charge in [-0.15, -0.1) is 0 Å². The average molecular weight is 356 g/mol. The minimum Gasteiger partial charge on any atom is -0.357 e. The van der Waals surface area contributed by atoms with E-state index in [-0.39, 0.29) is 24.0 Å². The molecule has 0 aliphatic rings. The van der Waals surface area contributed by atoms with Gasteiger partial charge >= 0.3 is 0 Å². The molecule has 1 atom stereocenters. The van der Waals surface area contributed by atoms with Crippen LogP contribution in [0.4, 0.5) is 8.78 Å². The molecule has 0 heterocycles. The van der Waals surface area contributed by atoms with Gasteiger partial charge in [0.25, 0.3) is 0 Å². The first-order valence-corrected chi connectivity index (χ1v) is 8.44. The second-order valence-electron chi connectivity index (χ2n) is 5.99. The molecule has 136 valence electrons. The van der Waals surface area contributed by atoms with Crippen molar-refractivity contribution < 1.29 is 8.78 Å². The quantitative estimate of drug-likeness (QED) is 0.630. The SMILES string of the molecule is CCNC(=NCc1ccc(C#N)cc1F)NC(C)c1ccc(C)c(F)c1. The molecule has 2 aromatic rings. The van der Waals surface area contributed by atoms with Gasteiger partial charge in [-0.3, -0.25) is 0 Å². The van der Waals surface area contributed by atoms with E-state index in [1.165, 1.54) is 12.1 Å². The van der Waals surface area contributed by atoms with E-state index in [1.54, 1.807) is 25.1 Å². The van der Waals surface area contributed by atoms with Gasteiger partial charge in [0.2, 0.25) is 0 Å². The Hall–Kier alpha value is -2.94. The number of nitriles is 1. The van der Waals surface area contributed by atoms with Crippen LogP contribution in [0.15, 0.2) is 41.4 Å². The number of nitrogens with one attached hydrogen (secondary N) is 2. The molecule has 0 fully saturated rings. The summed E-state index contributed by atoms with van der Waals surface area (Å²) in [5, 5.41) is 15.1. The van der Waals surface area contributed by atoms with Crippen LogP contribution in [0.25, 0.3) is 0 Å². The van der Waals surface area contributed by atoms with Crippen molar-refractivity contribution in [3.05, 3.63) is 70.3 Å². The molecule has 0 aromatic heterocycles. The highest BCUT2D eigenvalue weighted by molar-refractivity contribution is 5.80. The number of halogens is 2. The van der Waals surface area contributed by atoms with Crippen molar-refractivity contribution in [2.24, 2.45) is 4.99 Å². The van der Waals surface area contributed by atoms with Crippen molar-refractivity contribution in [1.82, 2.24) is 10.6 Å². The van der Waals surface area contributed by atoms with Crippen LogP contribution in [0.5, 0.6) is 0 Å². The fraction of sp³-hybridized carbons (Fsp3) is 0.300. The summed E-state index contributed by atoms with van der Waals surface area (Å²) >= 11 is 0. The summed E-state index contributed by atoms with van der Waals surface area (Å²) in [5.74, 6) is -0.209. The van der Waals surface area contributed by atoms with E-state index in [4.69, 9.17) is 5.26 Å². The number of aliphatic imine (C=N–C) groups is 1. The maximum absolute atomic E-state index is 14.0. The average Bonchev–Trinajstić information content (AvgIpc) is 2.62. The molecule has 2 rings (SSSR count). The van der Waals surface area contributed by atoms with E-state index in [0.29, 0.717) is 23.6 Å². The van der Waals surface area contributed by atoms with Crippen LogP contribution in [-0.2, 0) is 6.54 Å². The van der Waals surface area contributed by atoms with Crippen molar-refractivity contribution in [3.63, 3.8) is 0 Å². The van der Waals surface area contributed by atoms with E-state index in [9.17, 15) is 8.78 Å². The Bertz CT molecular complexity index is 840. The summed E-state index contributed by atoms with van der Waals surface area (Å²) in [6.45, 7) is 6.31. The number of hydrogen-bond donors (Lipinski definition) is 2. The molecule has 0 aliphatic heterocycles. The molecule has 4 nitrogen and oxygen atoms in total. The molecule has 26 heavy (non-hydrogen) atoms. The lowest BCUT2D eigenvalue weighted by Crippen LogP contribution is -2.38. The Morgan fingerprint density at radius 1 is 1.19 bits per heavy atom. The van der Waals surface area contributed by atoms with Gasteiger partial charge < -0.3 is 10.6 Å². The first-order chi connectivity index (χ1) is 12.4. The number of aryl methyl sites for hydroxylation is 1. The van der Waals surface area contributed by atoms with Crippen LogP contribution in [-0.4, -0.2) is 12.5 Å². The summed E-state index contributed by atoms with van der Waals surface area (Å²) < 4.78 is 27.7. The van der Waals surface area contributed by atoms with Gasteiger partial charge in [-0.25, -0.2) is 13.8 Å². The molecule has 0 saturated heterocycles. The predicted molar refractivity (Wildman–Crippen MR) is 98.6 cm³/mol. The van der Waals surface area contributed by atoms with Crippen LogP contribution >= 0.6 is 0 Å². The maximum atomic E-state index is 14.0. The number of rotatable bonds is 5. The zero-order valence-electron chi connectivity index (χ0n) is 15.1. The fourth-order valence-electron chi connectivity index (χ4n) is 2.40. The monoisotopic (exact) mass is 356 g/mol. The highest BCUT2D eigenvalue weighted by atomic mass is 19.1. The van der Waals surface area contributed by atoms with Gasteiger partial charge in [-0.1, -0.05) is 18.2 Å². The Morgan fingerprint density at radius 2 is 1.96 bits per heavy atom. The van der Waals surface area contributed by atoms with Crippen LogP contribution in [0.2, 0.25) is 0 Å². The third kappa shape index (κ3) is 5.03. The third-order valence-corrected chi connectivity index (χ3v) is 3.98. The van der Waals surface area contributed by atoms with Crippen molar-refractivity contribution in [1.29, 1.82) is 5.26 Å². The van der Waals surface area contributed by atoms with Crippen LogP contribution in [0.1, 0.15) is 42.1 Å². The summed E-state index contributed by atoms with van der Waals surface area (Å²) in [4.78, 5) is 4.38. The van der Waals surface area contributed by atoms with Gasteiger partial charge in [-0.2, -0.15) is 5.26 Å². The highest BCUT2D eigenvalue weighted by Crippen LogP contribution is 2.16. The maximum Gasteiger partial charge on any atom is 0.192 e. The predicted octanol–water partition coefficient (Wildman–Crippen LogP) is 3.96. The largest absolute Gasteiger partial charge is 0.357 e.